The van der Waals surface area contributed by atoms with Gasteiger partial charge in [-0.2, -0.15) is 0 Å². The second kappa shape index (κ2) is 7.07. The molecule has 0 aliphatic rings. The summed E-state index contributed by atoms with van der Waals surface area (Å²) in [4.78, 5) is 12.3. The molecule has 1 atom stereocenters. The molecule has 116 valence electrons. The Morgan fingerprint density at radius 1 is 1.23 bits per heavy atom. The van der Waals surface area contributed by atoms with Gasteiger partial charge in [-0.05, 0) is 37.1 Å². The van der Waals surface area contributed by atoms with Crippen molar-refractivity contribution in [3.8, 4) is 5.75 Å². The van der Waals surface area contributed by atoms with E-state index in [9.17, 15) is 9.18 Å². The van der Waals surface area contributed by atoms with Gasteiger partial charge < -0.3 is 10.1 Å². The minimum absolute atomic E-state index is 0.0988. The minimum atomic E-state index is -0.543. The van der Waals surface area contributed by atoms with E-state index in [1.165, 1.54) is 24.8 Å². The normalized spacial score (nSPS) is 11.8. The third-order valence-electron chi connectivity index (χ3n) is 3.61. The number of hydrogen-bond donors (Lipinski definition) is 1. The number of carbonyl (C=O) groups is 1. The predicted octanol–water partition coefficient (Wildman–Crippen LogP) is 4.02. The van der Waals surface area contributed by atoms with Crippen LogP contribution >= 0.6 is 0 Å². The molecule has 0 aliphatic heterocycles. The highest BCUT2D eigenvalue weighted by atomic mass is 19.1. The highest BCUT2D eigenvalue weighted by Crippen LogP contribution is 2.20. The Kier molecular flexibility index (Phi) is 5.15. The molecule has 0 saturated heterocycles. The van der Waals surface area contributed by atoms with Gasteiger partial charge in [-0.25, -0.2) is 4.39 Å². The van der Waals surface area contributed by atoms with Gasteiger partial charge in [-0.1, -0.05) is 36.8 Å². The van der Waals surface area contributed by atoms with Gasteiger partial charge >= 0.3 is 0 Å². The first kappa shape index (κ1) is 16.0. The van der Waals surface area contributed by atoms with Crippen LogP contribution in [-0.2, 0) is 0 Å². The summed E-state index contributed by atoms with van der Waals surface area (Å²) in [5.74, 6) is -0.713. The molecule has 0 bridgehead atoms. The van der Waals surface area contributed by atoms with E-state index in [0.29, 0.717) is 0 Å². The number of halogens is 1. The zero-order chi connectivity index (χ0) is 16.1. The number of rotatable bonds is 5. The molecule has 0 unspecified atom stereocenters. The van der Waals surface area contributed by atoms with E-state index in [1.54, 1.807) is 6.07 Å². The van der Waals surface area contributed by atoms with Gasteiger partial charge in [0.1, 0.15) is 0 Å². The molecule has 0 aromatic heterocycles. The molecule has 0 radical (unpaired) electrons. The van der Waals surface area contributed by atoms with Gasteiger partial charge in [0.15, 0.2) is 11.6 Å². The molecule has 0 spiro atoms. The van der Waals surface area contributed by atoms with Crippen molar-refractivity contribution in [3.05, 3.63) is 65.0 Å². The lowest BCUT2D eigenvalue weighted by molar-refractivity contribution is 0.0935. The second-order valence-electron chi connectivity index (χ2n) is 5.19. The van der Waals surface area contributed by atoms with Gasteiger partial charge in [0, 0.05) is 5.56 Å². The Balaban J connectivity index is 2.15. The predicted molar refractivity (Wildman–Crippen MR) is 84.6 cm³/mol. The molecule has 2 rings (SSSR count). The number of benzene rings is 2. The average Bonchev–Trinajstić information content (AvgIpc) is 2.53. The molecule has 4 heteroatoms. The van der Waals surface area contributed by atoms with Crippen LogP contribution in [0.1, 0.15) is 40.9 Å². The lowest BCUT2D eigenvalue weighted by Gasteiger charge is -2.18. The molecule has 2 aromatic carbocycles. The number of hydrogen-bond acceptors (Lipinski definition) is 2. The van der Waals surface area contributed by atoms with Crippen molar-refractivity contribution in [2.24, 2.45) is 0 Å². The fraction of sp³-hybridized carbons (Fsp3) is 0.278. The fourth-order valence-electron chi connectivity index (χ4n) is 2.27. The quantitative estimate of drug-likeness (QED) is 0.905. The maximum atomic E-state index is 13.7. The van der Waals surface area contributed by atoms with E-state index in [0.717, 1.165) is 12.0 Å². The Labute approximate surface area is 130 Å². The standard InChI is InChI=1S/C18H20FNO2/c1-4-16(13-7-5-12(2)6-8-13)20-18(21)14-9-10-17(22-3)15(19)11-14/h5-11,16H,4H2,1-3H3,(H,20,21)/t16-/m0/s1. The molecule has 0 aliphatic carbocycles. The van der Waals surface area contributed by atoms with E-state index in [1.807, 2.05) is 38.1 Å². The van der Waals surface area contributed by atoms with Crippen LogP contribution in [0.5, 0.6) is 5.75 Å². The smallest absolute Gasteiger partial charge is 0.251 e. The number of methoxy groups -OCH3 is 1. The first-order chi connectivity index (χ1) is 10.5. The molecular formula is C18H20FNO2. The Morgan fingerprint density at radius 2 is 1.91 bits per heavy atom. The first-order valence-corrected chi connectivity index (χ1v) is 7.26. The van der Waals surface area contributed by atoms with Crippen molar-refractivity contribution in [1.29, 1.82) is 0 Å². The number of carbonyl (C=O) groups excluding carboxylic acids is 1. The Bertz CT molecular complexity index is 653. The van der Waals surface area contributed by atoms with Crippen LogP contribution < -0.4 is 10.1 Å². The van der Waals surface area contributed by atoms with Gasteiger partial charge in [0.25, 0.3) is 5.91 Å². The largest absolute Gasteiger partial charge is 0.494 e. The summed E-state index contributed by atoms with van der Waals surface area (Å²) < 4.78 is 18.5. The maximum absolute atomic E-state index is 13.7. The number of amides is 1. The summed E-state index contributed by atoms with van der Waals surface area (Å²) in [6.07, 6.45) is 0.757. The number of aryl methyl sites for hydroxylation is 1. The molecule has 1 N–H and O–H groups in total. The van der Waals surface area contributed by atoms with Gasteiger partial charge in [-0.3, -0.25) is 4.79 Å². The second-order valence-corrected chi connectivity index (χ2v) is 5.19. The molecule has 2 aromatic rings. The summed E-state index contributed by atoms with van der Waals surface area (Å²) in [5.41, 5.74) is 2.49. The maximum Gasteiger partial charge on any atom is 0.251 e. The molecule has 1 amide bonds. The van der Waals surface area contributed by atoms with Crippen molar-refractivity contribution in [2.45, 2.75) is 26.3 Å². The zero-order valence-electron chi connectivity index (χ0n) is 13.0. The molecule has 0 heterocycles. The van der Waals surface area contributed by atoms with Crippen LogP contribution in [0.25, 0.3) is 0 Å². The van der Waals surface area contributed by atoms with Crippen molar-refractivity contribution in [1.82, 2.24) is 5.32 Å². The fourth-order valence-corrected chi connectivity index (χ4v) is 2.27. The molecule has 3 nitrogen and oxygen atoms in total. The van der Waals surface area contributed by atoms with E-state index in [-0.39, 0.29) is 23.3 Å². The zero-order valence-corrected chi connectivity index (χ0v) is 13.0. The molecule has 22 heavy (non-hydrogen) atoms. The molecular weight excluding hydrogens is 281 g/mol. The lowest BCUT2D eigenvalue weighted by Crippen LogP contribution is -2.28. The third-order valence-corrected chi connectivity index (χ3v) is 3.61. The van der Waals surface area contributed by atoms with Crippen molar-refractivity contribution < 1.29 is 13.9 Å². The summed E-state index contributed by atoms with van der Waals surface area (Å²) >= 11 is 0. The van der Waals surface area contributed by atoms with Crippen molar-refractivity contribution >= 4 is 5.91 Å². The van der Waals surface area contributed by atoms with Crippen molar-refractivity contribution in [2.75, 3.05) is 7.11 Å². The monoisotopic (exact) mass is 301 g/mol. The topological polar surface area (TPSA) is 38.3 Å². The Morgan fingerprint density at radius 3 is 2.45 bits per heavy atom. The van der Waals surface area contributed by atoms with Gasteiger partial charge in [0.2, 0.25) is 0 Å². The van der Waals surface area contributed by atoms with Crippen LogP contribution in [0.2, 0.25) is 0 Å². The first-order valence-electron chi connectivity index (χ1n) is 7.26. The number of ether oxygens (including phenoxy) is 1. The van der Waals surface area contributed by atoms with Crippen LogP contribution in [0, 0.1) is 12.7 Å². The van der Waals surface area contributed by atoms with E-state index < -0.39 is 5.82 Å². The lowest BCUT2D eigenvalue weighted by atomic mass is 10.0. The van der Waals surface area contributed by atoms with Crippen LogP contribution in [0.4, 0.5) is 4.39 Å². The minimum Gasteiger partial charge on any atom is -0.494 e. The third kappa shape index (κ3) is 3.64. The molecule has 0 fully saturated rings. The highest BCUT2D eigenvalue weighted by Gasteiger charge is 2.15. The SMILES string of the molecule is CC[C@H](NC(=O)c1ccc(OC)c(F)c1)c1ccc(C)cc1. The van der Waals surface area contributed by atoms with E-state index in [2.05, 4.69) is 5.32 Å². The summed E-state index contributed by atoms with van der Waals surface area (Å²) in [7, 11) is 1.39. The van der Waals surface area contributed by atoms with Crippen molar-refractivity contribution in [3.63, 3.8) is 0 Å². The van der Waals surface area contributed by atoms with Gasteiger partial charge in [-0.15, -0.1) is 0 Å². The van der Waals surface area contributed by atoms with Crippen LogP contribution in [0.15, 0.2) is 42.5 Å². The molecule has 0 saturated carbocycles. The highest BCUT2D eigenvalue weighted by molar-refractivity contribution is 5.94. The van der Waals surface area contributed by atoms with Crippen LogP contribution in [0.3, 0.4) is 0 Å². The Hall–Kier alpha value is -2.36. The summed E-state index contributed by atoms with van der Waals surface area (Å²) in [6.45, 7) is 4.02. The number of nitrogens with one attached hydrogen (secondary N) is 1. The van der Waals surface area contributed by atoms with Crippen LogP contribution in [-0.4, -0.2) is 13.0 Å². The summed E-state index contributed by atoms with van der Waals surface area (Å²) in [6, 6.07) is 12.1. The van der Waals surface area contributed by atoms with Gasteiger partial charge in [0.05, 0.1) is 13.2 Å². The summed E-state index contributed by atoms with van der Waals surface area (Å²) in [5, 5.41) is 2.94. The van der Waals surface area contributed by atoms with E-state index in [4.69, 9.17) is 4.74 Å². The van der Waals surface area contributed by atoms with E-state index >= 15 is 0 Å². The average molecular weight is 301 g/mol.